The molecule has 3 rings (SSSR count). The number of para-hydroxylation sites is 1. The van der Waals surface area contributed by atoms with E-state index in [2.05, 4.69) is 20.8 Å². The monoisotopic (exact) mass is 400 g/mol. The summed E-state index contributed by atoms with van der Waals surface area (Å²) in [7, 11) is 0. The number of benzene rings is 2. The normalized spacial score (nSPS) is 10.9. The SMILES string of the molecule is Cc1c(Cl)cccc1NC(=O)C(=O)NN=Cc1cc2ccccc2nc1Cl. The molecule has 0 radical (unpaired) electrons. The van der Waals surface area contributed by atoms with Gasteiger partial charge in [0.05, 0.1) is 11.7 Å². The molecule has 8 heteroatoms. The highest BCUT2D eigenvalue weighted by Gasteiger charge is 2.14. The molecule has 1 aromatic heterocycles. The minimum atomic E-state index is -0.921. The number of fused-ring (bicyclic) bond motifs is 1. The summed E-state index contributed by atoms with van der Waals surface area (Å²) in [6.07, 6.45) is 1.33. The molecule has 0 bridgehead atoms. The van der Waals surface area contributed by atoms with Crippen LogP contribution < -0.4 is 10.7 Å². The average molecular weight is 401 g/mol. The van der Waals surface area contributed by atoms with Crippen molar-refractivity contribution in [3.05, 3.63) is 69.8 Å². The lowest BCUT2D eigenvalue weighted by Gasteiger charge is -2.08. The van der Waals surface area contributed by atoms with Crippen molar-refractivity contribution in [3.63, 3.8) is 0 Å². The van der Waals surface area contributed by atoms with Crippen LogP contribution in [-0.4, -0.2) is 23.0 Å². The van der Waals surface area contributed by atoms with Gasteiger partial charge in [-0.3, -0.25) is 9.59 Å². The van der Waals surface area contributed by atoms with E-state index in [-0.39, 0.29) is 5.15 Å². The largest absolute Gasteiger partial charge is 0.329 e. The zero-order valence-electron chi connectivity index (χ0n) is 14.2. The minimum Gasteiger partial charge on any atom is -0.317 e. The van der Waals surface area contributed by atoms with Crippen molar-refractivity contribution in [3.8, 4) is 0 Å². The molecule has 136 valence electrons. The molecule has 0 fully saturated rings. The number of rotatable bonds is 3. The lowest BCUT2D eigenvalue weighted by atomic mass is 10.2. The van der Waals surface area contributed by atoms with Crippen LogP contribution in [0.5, 0.6) is 0 Å². The maximum absolute atomic E-state index is 12.0. The Morgan fingerprint density at radius 1 is 1.07 bits per heavy atom. The highest BCUT2D eigenvalue weighted by atomic mass is 35.5. The van der Waals surface area contributed by atoms with Crippen LogP contribution in [0, 0.1) is 6.92 Å². The number of hydrogen-bond acceptors (Lipinski definition) is 4. The molecule has 0 aliphatic heterocycles. The van der Waals surface area contributed by atoms with Gasteiger partial charge in [0, 0.05) is 21.7 Å². The Morgan fingerprint density at radius 2 is 1.85 bits per heavy atom. The van der Waals surface area contributed by atoms with Gasteiger partial charge in [-0.1, -0.05) is 47.5 Å². The number of pyridine rings is 1. The topological polar surface area (TPSA) is 83.5 Å². The van der Waals surface area contributed by atoms with Crippen molar-refractivity contribution in [1.82, 2.24) is 10.4 Å². The smallest absolute Gasteiger partial charge is 0.317 e. The third-order valence-corrected chi connectivity index (χ3v) is 4.51. The van der Waals surface area contributed by atoms with Crippen molar-refractivity contribution < 1.29 is 9.59 Å². The Kier molecular flexibility index (Phi) is 5.69. The van der Waals surface area contributed by atoms with Crippen molar-refractivity contribution in [2.45, 2.75) is 6.92 Å². The molecule has 2 amide bonds. The molecular formula is C19H14Cl2N4O2. The van der Waals surface area contributed by atoms with Gasteiger partial charge in [-0.05, 0) is 36.8 Å². The van der Waals surface area contributed by atoms with Crippen LogP contribution in [0.3, 0.4) is 0 Å². The molecule has 2 aromatic carbocycles. The average Bonchev–Trinajstić information content (AvgIpc) is 2.65. The Hall–Kier alpha value is -2.96. The Bertz CT molecular complexity index is 1070. The molecule has 3 aromatic rings. The molecule has 2 N–H and O–H groups in total. The van der Waals surface area contributed by atoms with Gasteiger partial charge >= 0.3 is 11.8 Å². The number of carbonyl (C=O) groups excluding carboxylic acids is 2. The molecule has 1 heterocycles. The summed E-state index contributed by atoms with van der Waals surface area (Å²) in [5.41, 5.74) is 4.54. The van der Waals surface area contributed by atoms with Crippen LogP contribution in [0.15, 0.2) is 53.6 Å². The first-order valence-corrected chi connectivity index (χ1v) is 8.66. The zero-order valence-corrected chi connectivity index (χ0v) is 15.7. The first-order valence-electron chi connectivity index (χ1n) is 7.90. The van der Waals surface area contributed by atoms with E-state index in [1.165, 1.54) is 6.21 Å². The second kappa shape index (κ2) is 8.16. The van der Waals surface area contributed by atoms with E-state index >= 15 is 0 Å². The quantitative estimate of drug-likeness (QED) is 0.302. The van der Waals surface area contributed by atoms with Crippen molar-refractivity contribution >= 4 is 57.8 Å². The van der Waals surface area contributed by atoms with Crippen LogP contribution in [0.4, 0.5) is 5.69 Å². The van der Waals surface area contributed by atoms with E-state index in [1.54, 1.807) is 31.2 Å². The molecular weight excluding hydrogens is 387 g/mol. The molecule has 0 spiro atoms. The minimum absolute atomic E-state index is 0.241. The van der Waals surface area contributed by atoms with Crippen molar-refractivity contribution in [1.29, 1.82) is 0 Å². The van der Waals surface area contributed by atoms with Gasteiger partial charge in [-0.2, -0.15) is 5.10 Å². The van der Waals surface area contributed by atoms with Gasteiger partial charge in [0.2, 0.25) is 0 Å². The number of amides is 2. The first kappa shape index (κ1) is 18.8. The number of hydrogen-bond donors (Lipinski definition) is 2. The molecule has 0 atom stereocenters. The molecule has 0 unspecified atom stereocenters. The van der Waals surface area contributed by atoms with Gasteiger partial charge in [0.15, 0.2) is 0 Å². The zero-order chi connectivity index (χ0) is 19.4. The maximum Gasteiger partial charge on any atom is 0.329 e. The molecule has 0 aliphatic rings. The number of halogens is 2. The number of nitrogens with one attached hydrogen (secondary N) is 2. The molecule has 27 heavy (non-hydrogen) atoms. The number of aromatic nitrogens is 1. The predicted molar refractivity (Wildman–Crippen MR) is 107 cm³/mol. The number of carbonyl (C=O) groups is 2. The predicted octanol–water partition coefficient (Wildman–Crippen LogP) is 3.94. The van der Waals surface area contributed by atoms with Crippen LogP contribution >= 0.6 is 23.2 Å². The highest BCUT2D eigenvalue weighted by molar-refractivity contribution is 6.40. The molecule has 0 aliphatic carbocycles. The maximum atomic E-state index is 12.0. The van der Waals surface area contributed by atoms with Crippen LogP contribution in [0.1, 0.15) is 11.1 Å². The fourth-order valence-electron chi connectivity index (χ4n) is 2.33. The van der Waals surface area contributed by atoms with Crippen LogP contribution in [-0.2, 0) is 9.59 Å². The highest BCUT2D eigenvalue weighted by Crippen LogP contribution is 2.22. The second-order valence-electron chi connectivity index (χ2n) is 5.63. The Balaban J connectivity index is 1.67. The van der Waals surface area contributed by atoms with Crippen LogP contribution in [0.25, 0.3) is 10.9 Å². The number of nitrogens with zero attached hydrogens (tertiary/aromatic N) is 2. The van der Waals surface area contributed by atoms with Gasteiger partial charge in [0.1, 0.15) is 5.15 Å². The van der Waals surface area contributed by atoms with E-state index in [9.17, 15) is 9.59 Å². The summed E-state index contributed by atoms with van der Waals surface area (Å²) >= 11 is 12.1. The summed E-state index contributed by atoms with van der Waals surface area (Å²) in [4.78, 5) is 28.1. The fourth-order valence-corrected chi connectivity index (χ4v) is 2.70. The third kappa shape index (κ3) is 4.42. The molecule has 0 saturated carbocycles. The Labute approximate surface area is 165 Å². The third-order valence-electron chi connectivity index (χ3n) is 3.80. The van der Waals surface area contributed by atoms with E-state index in [0.717, 1.165) is 10.9 Å². The van der Waals surface area contributed by atoms with Gasteiger partial charge < -0.3 is 5.32 Å². The van der Waals surface area contributed by atoms with Crippen molar-refractivity contribution in [2.24, 2.45) is 5.10 Å². The van der Waals surface area contributed by atoms with Crippen LogP contribution in [0.2, 0.25) is 10.2 Å². The summed E-state index contributed by atoms with van der Waals surface area (Å²) < 4.78 is 0. The summed E-state index contributed by atoms with van der Waals surface area (Å²) in [6.45, 7) is 1.74. The van der Waals surface area contributed by atoms with Crippen molar-refractivity contribution in [2.75, 3.05) is 5.32 Å². The van der Waals surface area contributed by atoms with E-state index in [1.807, 2.05) is 24.3 Å². The lowest BCUT2D eigenvalue weighted by Crippen LogP contribution is -2.32. The number of anilines is 1. The molecule has 6 nitrogen and oxygen atoms in total. The van der Waals surface area contributed by atoms with Gasteiger partial charge in [-0.15, -0.1) is 0 Å². The Morgan fingerprint density at radius 3 is 2.67 bits per heavy atom. The molecule has 0 saturated heterocycles. The summed E-state index contributed by atoms with van der Waals surface area (Å²) in [5, 5.41) is 7.87. The fraction of sp³-hybridized carbons (Fsp3) is 0.0526. The standard InChI is InChI=1S/C19H14Cl2N4O2/c1-11-14(20)6-4-8-15(11)24-18(26)19(27)25-22-10-13-9-12-5-2-3-7-16(12)23-17(13)21/h2-10H,1H3,(H,24,26)(H,25,27). The van der Waals surface area contributed by atoms with Gasteiger partial charge in [0.25, 0.3) is 0 Å². The van der Waals surface area contributed by atoms with E-state index in [4.69, 9.17) is 23.2 Å². The lowest BCUT2D eigenvalue weighted by molar-refractivity contribution is -0.136. The van der Waals surface area contributed by atoms with E-state index in [0.29, 0.717) is 21.8 Å². The first-order chi connectivity index (χ1) is 13.0. The second-order valence-corrected chi connectivity index (χ2v) is 6.39. The summed E-state index contributed by atoms with van der Waals surface area (Å²) in [6, 6.07) is 14.3. The summed E-state index contributed by atoms with van der Waals surface area (Å²) in [5.74, 6) is -1.78. The van der Waals surface area contributed by atoms with Gasteiger partial charge in [-0.25, -0.2) is 10.4 Å². The number of hydrazone groups is 1. The van der Waals surface area contributed by atoms with E-state index < -0.39 is 11.8 Å².